The van der Waals surface area contributed by atoms with E-state index in [1.165, 1.54) is 12.1 Å². The highest BCUT2D eigenvalue weighted by atomic mass is 19.1. The van der Waals surface area contributed by atoms with Crippen molar-refractivity contribution in [3.8, 4) is 0 Å². The van der Waals surface area contributed by atoms with Crippen molar-refractivity contribution in [2.45, 2.75) is 50.1 Å². The van der Waals surface area contributed by atoms with Gasteiger partial charge in [-0.2, -0.15) is 5.10 Å². The minimum absolute atomic E-state index is 0.154. The second-order valence-corrected chi connectivity index (χ2v) is 7.43. The molecular weight excluding hydrogens is 331 g/mol. The molecule has 5 nitrogen and oxygen atoms in total. The van der Waals surface area contributed by atoms with Gasteiger partial charge >= 0.3 is 0 Å². The molecule has 2 aliphatic rings. The Morgan fingerprint density at radius 2 is 1.96 bits per heavy atom. The number of nitrogens with one attached hydrogen (secondary N) is 2. The maximum absolute atomic E-state index is 13.3. The molecule has 6 heteroatoms. The molecule has 1 aliphatic carbocycles. The van der Waals surface area contributed by atoms with Crippen LogP contribution in [0.4, 0.5) is 4.39 Å². The minimum Gasteiger partial charge on any atom is -0.341 e. The molecule has 0 bridgehead atoms. The van der Waals surface area contributed by atoms with Crippen LogP contribution in [0.25, 0.3) is 0 Å². The van der Waals surface area contributed by atoms with E-state index in [0.717, 1.165) is 57.2 Å². The number of hydrogen-bond donors (Lipinski definition) is 2. The summed E-state index contributed by atoms with van der Waals surface area (Å²) in [5, 5.41) is 11.1. The highest BCUT2D eigenvalue weighted by Crippen LogP contribution is 2.39. The van der Waals surface area contributed by atoms with Gasteiger partial charge in [0.05, 0.1) is 11.6 Å². The average molecular weight is 356 g/mol. The third-order valence-electron chi connectivity index (χ3n) is 5.69. The standard InChI is InChI=1S/C20H25FN4O/c21-16-7-5-15(6-8-16)20(10-1-2-11-20)23-19(26)18-9-13-25(24-18)17-4-3-12-22-14-17/h5-9,13,17,22H,1-4,10-12,14H2,(H,23,26). The zero-order valence-electron chi connectivity index (χ0n) is 14.9. The van der Waals surface area contributed by atoms with E-state index in [9.17, 15) is 9.18 Å². The van der Waals surface area contributed by atoms with Crippen LogP contribution in [0.15, 0.2) is 36.5 Å². The summed E-state index contributed by atoms with van der Waals surface area (Å²) < 4.78 is 15.2. The van der Waals surface area contributed by atoms with E-state index in [1.54, 1.807) is 18.2 Å². The molecule has 1 aromatic carbocycles. The summed E-state index contributed by atoms with van der Waals surface area (Å²) in [5.41, 5.74) is 1.01. The Morgan fingerprint density at radius 1 is 1.19 bits per heavy atom. The lowest BCUT2D eigenvalue weighted by Gasteiger charge is -2.31. The topological polar surface area (TPSA) is 59.0 Å². The number of carbonyl (C=O) groups excluding carboxylic acids is 1. The summed E-state index contributed by atoms with van der Waals surface area (Å²) in [7, 11) is 0. The second kappa shape index (κ2) is 7.19. The number of halogens is 1. The highest BCUT2D eigenvalue weighted by Gasteiger charge is 2.37. The van der Waals surface area contributed by atoms with Crippen molar-refractivity contribution >= 4 is 5.91 Å². The molecule has 0 radical (unpaired) electrons. The third kappa shape index (κ3) is 3.38. The molecular formula is C20H25FN4O. The maximum Gasteiger partial charge on any atom is 0.272 e. The van der Waals surface area contributed by atoms with E-state index in [-0.39, 0.29) is 11.7 Å². The first-order valence-electron chi connectivity index (χ1n) is 9.51. The van der Waals surface area contributed by atoms with Gasteiger partial charge in [0.25, 0.3) is 5.91 Å². The first-order valence-corrected chi connectivity index (χ1v) is 9.51. The van der Waals surface area contributed by atoms with Crippen molar-refractivity contribution < 1.29 is 9.18 Å². The smallest absolute Gasteiger partial charge is 0.272 e. The van der Waals surface area contributed by atoms with Crippen LogP contribution < -0.4 is 10.6 Å². The molecule has 2 N–H and O–H groups in total. The van der Waals surface area contributed by atoms with E-state index in [2.05, 4.69) is 15.7 Å². The Hall–Kier alpha value is -2.21. The molecule has 0 spiro atoms. The van der Waals surface area contributed by atoms with Crippen molar-refractivity contribution in [3.05, 3.63) is 53.6 Å². The number of benzene rings is 1. The fraction of sp³-hybridized carbons (Fsp3) is 0.500. The maximum atomic E-state index is 13.3. The van der Waals surface area contributed by atoms with Gasteiger partial charge in [-0.15, -0.1) is 0 Å². The van der Waals surface area contributed by atoms with E-state index >= 15 is 0 Å². The van der Waals surface area contributed by atoms with Gasteiger partial charge in [0.1, 0.15) is 11.5 Å². The number of carbonyl (C=O) groups is 1. The first-order chi connectivity index (χ1) is 12.7. The molecule has 1 amide bonds. The molecule has 1 aliphatic heterocycles. The molecule has 1 aromatic heterocycles. The van der Waals surface area contributed by atoms with E-state index in [0.29, 0.717) is 11.7 Å². The molecule has 1 atom stereocenters. The summed E-state index contributed by atoms with van der Waals surface area (Å²) in [5.74, 6) is -0.410. The largest absolute Gasteiger partial charge is 0.341 e. The zero-order chi connectivity index (χ0) is 18.0. The normalized spacial score (nSPS) is 22.3. The molecule has 2 aromatic rings. The Balaban J connectivity index is 1.52. The highest BCUT2D eigenvalue weighted by molar-refractivity contribution is 5.92. The number of piperidine rings is 1. The molecule has 4 rings (SSSR count). The Bertz CT molecular complexity index is 758. The van der Waals surface area contributed by atoms with Crippen LogP contribution in [0.3, 0.4) is 0 Å². The summed E-state index contributed by atoms with van der Waals surface area (Å²) in [6, 6.07) is 8.60. The number of rotatable bonds is 4. The van der Waals surface area contributed by atoms with Crippen LogP contribution in [0.5, 0.6) is 0 Å². The van der Waals surface area contributed by atoms with E-state index in [4.69, 9.17) is 0 Å². The van der Waals surface area contributed by atoms with E-state index in [1.807, 2.05) is 10.9 Å². The number of aromatic nitrogens is 2. The molecule has 26 heavy (non-hydrogen) atoms. The molecule has 138 valence electrons. The Labute approximate surface area is 153 Å². The monoisotopic (exact) mass is 356 g/mol. The van der Waals surface area contributed by atoms with E-state index < -0.39 is 5.54 Å². The predicted molar refractivity (Wildman–Crippen MR) is 97.4 cm³/mol. The second-order valence-electron chi connectivity index (χ2n) is 7.43. The minimum atomic E-state index is -0.416. The van der Waals surface area contributed by atoms with Gasteiger partial charge in [0.2, 0.25) is 0 Å². The van der Waals surface area contributed by atoms with Gasteiger partial charge in [-0.3, -0.25) is 9.48 Å². The van der Waals surface area contributed by atoms with Gasteiger partial charge in [-0.05, 0) is 56.0 Å². The van der Waals surface area contributed by atoms with Crippen molar-refractivity contribution in [1.82, 2.24) is 20.4 Å². The summed E-state index contributed by atoms with van der Waals surface area (Å²) in [6.45, 7) is 1.94. The van der Waals surface area contributed by atoms with Gasteiger partial charge in [-0.1, -0.05) is 25.0 Å². The third-order valence-corrected chi connectivity index (χ3v) is 5.69. The molecule has 1 saturated carbocycles. The van der Waals surface area contributed by atoms with Crippen LogP contribution in [-0.2, 0) is 5.54 Å². The molecule has 2 fully saturated rings. The zero-order valence-corrected chi connectivity index (χ0v) is 14.9. The fourth-order valence-electron chi connectivity index (χ4n) is 4.24. The molecule has 1 saturated heterocycles. The Morgan fingerprint density at radius 3 is 2.65 bits per heavy atom. The van der Waals surface area contributed by atoms with Crippen LogP contribution in [0.2, 0.25) is 0 Å². The lowest BCUT2D eigenvalue weighted by molar-refractivity contribution is 0.0891. The van der Waals surface area contributed by atoms with Crippen molar-refractivity contribution in [1.29, 1.82) is 0 Å². The van der Waals surface area contributed by atoms with Gasteiger partial charge < -0.3 is 10.6 Å². The SMILES string of the molecule is O=C(NC1(c2ccc(F)cc2)CCCC1)c1ccn(C2CCCNC2)n1. The summed E-state index contributed by atoms with van der Waals surface area (Å²) >= 11 is 0. The summed E-state index contributed by atoms with van der Waals surface area (Å²) in [4.78, 5) is 12.9. The molecule has 2 heterocycles. The van der Waals surface area contributed by atoms with Crippen LogP contribution in [0.1, 0.15) is 60.6 Å². The first kappa shape index (κ1) is 17.2. The number of hydrogen-bond acceptors (Lipinski definition) is 3. The summed E-state index contributed by atoms with van der Waals surface area (Å²) in [6.07, 6.45) is 7.95. The Kier molecular flexibility index (Phi) is 4.76. The van der Waals surface area contributed by atoms with Crippen LogP contribution >= 0.6 is 0 Å². The lowest BCUT2D eigenvalue weighted by Crippen LogP contribution is -2.44. The number of amides is 1. The molecule has 1 unspecified atom stereocenters. The number of nitrogens with zero attached hydrogens (tertiary/aromatic N) is 2. The van der Waals surface area contributed by atoms with Gasteiger partial charge in [0.15, 0.2) is 0 Å². The average Bonchev–Trinajstić information content (AvgIpc) is 3.33. The fourth-order valence-corrected chi connectivity index (χ4v) is 4.24. The lowest BCUT2D eigenvalue weighted by atomic mass is 9.88. The van der Waals surface area contributed by atoms with Crippen molar-refractivity contribution in [2.24, 2.45) is 0 Å². The quantitative estimate of drug-likeness (QED) is 0.885. The van der Waals surface area contributed by atoms with Crippen molar-refractivity contribution in [3.63, 3.8) is 0 Å². The van der Waals surface area contributed by atoms with Crippen LogP contribution in [0, 0.1) is 5.82 Å². The van der Waals surface area contributed by atoms with Crippen LogP contribution in [-0.4, -0.2) is 28.8 Å². The van der Waals surface area contributed by atoms with Crippen molar-refractivity contribution in [2.75, 3.05) is 13.1 Å². The van der Waals surface area contributed by atoms with Gasteiger partial charge in [-0.25, -0.2) is 4.39 Å². The predicted octanol–water partition coefficient (Wildman–Crippen LogP) is 3.15. The van der Waals surface area contributed by atoms with Gasteiger partial charge in [0, 0.05) is 12.7 Å².